The van der Waals surface area contributed by atoms with Crippen LogP contribution >= 0.6 is 15.9 Å². The van der Waals surface area contributed by atoms with Gasteiger partial charge in [-0.1, -0.05) is 26.0 Å². The van der Waals surface area contributed by atoms with E-state index in [2.05, 4.69) is 50.8 Å². The first kappa shape index (κ1) is 26.9. The lowest BCUT2D eigenvalue weighted by Crippen LogP contribution is -2.25. The lowest BCUT2D eigenvalue weighted by molar-refractivity contribution is -0.104. The zero-order chi connectivity index (χ0) is 25.3. The van der Waals surface area contributed by atoms with Crippen molar-refractivity contribution in [1.29, 1.82) is 0 Å². The van der Waals surface area contributed by atoms with Gasteiger partial charge in [0, 0.05) is 49.4 Å². The number of nitrogens with two attached hydrogens (primary N) is 1. The topological polar surface area (TPSA) is 106 Å². The van der Waals surface area contributed by atoms with Crippen molar-refractivity contribution >= 4 is 40.0 Å². The van der Waals surface area contributed by atoms with Crippen molar-refractivity contribution in [3.8, 4) is 11.3 Å². The quantitative estimate of drug-likeness (QED) is 0.166. The van der Waals surface area contributed by atoms with Gasteiger partial charge in [0.2, 0.25) is 5.88 Å². The van der Waals surface area contributed by atoms with Crippen LogP contribution < -0.4 is 10.6 Å². The third-order valence-electron chi connectivity index (χ3n) is 4.93. The van der Waals surface area contributed by atoms with E-state index < -0.39 is 0 Å². The molecule has 0 unspecified atom stereocenters. The van der Waals surface area contributed by atoms with Crippen LogP contribution in [0.1, 0.15) is 38.1 Å². The van der Waals surface area contributed by atoms with Gasteiger partial charge in [-0.2, -0.15) is 4.99 Å². The minimum absolute atomic E-state index is 0.0607. The smallest absolute Gasteiger partial charge is 0.233 e. The molecule has 0 amide bonds. The van der Waals surface area contributed by atoms with Crippen LogP contribution in [0.4, 0.5) is 5.69 Å². The van der Waals surface area contributed by atoms with Gasteiger partial charge in [-0.25, -0.2) is 9.97 Å². The van der Waals surface area contributed by atoms with E-state index in [1.807, 2.05) is 44.0 Å². The van der Waals surface area contributed by atoms with Crippen LogP contribution in [0, 0.1) is 6.92 Å². The molecule has 9 heteroatoms. The maximum absolute atomic E-state index is 11.4. The fraction of sp³-hybridized carbons (Fsp3) is 0.320. The molecule has 0 fully saturated rings. The maximum Gasteiger partial charge on any atom is 0.233 e. The van der Waals surface area contributed by atoms with Gasteiger partial charge in [0.15, 0.2) is 6.29 Å². The number of carbonyl (C=O) groups excluding carboxylic acids is 1. The lowest BCUT2D eigenvalue weighted by atomic mass is 10.1. The first-order valence-corrected chi connectivity index (χ1v) is 11.5. The van der Waals surface area contributed by atoms with E-state index in [1.54, 1.807) is 25.5 Å². The SMILES string of the molecule is CN=C/C=C(\N)COC(/N=C(/C)N(C)c1cc(-c2ccnc(C(C)C)n2)ccc1C)=C(\Br)C=O. The number of halogens is 1. The molecule has 0 spiro atoms. The van der Waals surface area contributed by atoms with Crippen LogP contribution in [0.2, 0.25) is 0 Å². The molecular weight excluding hydrogens is 496 g/mol. The maximum atomic E-state index is 11.4. The predicted molar refractivity (Wildman–Crippen MR) is 142 cm³/mol. The van der Waals surface area contributed by atoms with Crippen LogP contribution in [0.25, 0.3) is 11.3 Å². The summed E-state index contributed by atoms with van der Waals surface area (Å²) in [5, 5.41) is 0. The van der Waals surface area contributed by atoms with E-state index in [4.69, 9.17) is 15.5 Å². The van der Waals surface area contributed by atoms with Crippen LogP contribution in [0.5, 0.6) is 0 Å². The Bertz CT molecular complexity index is 1140. The molecular formula is C25H31BrN6O2. The number of allylic oxidation sites excluding steroid dienone is 2. The first-order valence-electron chi connectivity index (χ1n) is 10.7. The van der Waals surface area contributed by atoms with E-state index in [-0.39, 0.29) is 22.9 Å². The molecule has 0 atom stereocenters. The lowest BCUT2D eigenvalue weighted by Gasteiger charge is -2.22. The molecule has 34 heavy (non-hydrogen) atoms. The summed E-state index contributed by atoms with van der Waals surface area (Å²) in [7, 11) is 3.55. The second-order valence-corrected chi connectivity index (χ2v) is 8.74. The average molecular weight is 527 g/mol. The fourth-order valence-electron chi connectivity index (χ4n) is 2.91. The highest BCUT2D eigenvalue weighted by Crippen LogP contribution is 2.28. The number of anilines is 1. The fourth-order valence-corrected chi connectivity index (χ4v) is 3.12. The summed E-state index contributed by atoms with van der Waals surface area (Å²) in [6, 6.07) is 8.04. The van der Waals surface area contributed by atoms with E-state index in [0.717, 1.165) is 28.3 Å². The molecule has 0 bridgehead atoms. The molecule has 1 aromatic carbocycles. The molecule has 2 aromatic rings. The molecule has 0 aliphatic heterocycles. The summed E-state index contributed by atoms with van der Waals surface area (Å²) in [6.45, 7) is 8.06. The summed E-state index contributed by atoms with van der Waals surface area (Å²) < 4.78 is 5.87. The second kappa shape index (κ2) is 12.8. The molecule has 1 aromatic heterocycles. The van der Waals surface area contributed by atoms with Crippen molar-refractivity contribution in [2.75, 3.05) is 25.6 Å². The van der Waals surface area contributed by atoms with Gasteiger partial charge in [-0.05, 0) is 53.5 Å². The molecule has 8 nitrogen and oxygen atoms in total. The number of benzene rings is 1. The van der Waals surface area contributed by atoms with Crippen molar-refractivity contribution < 1.29 is 9.53 Å². The Labute approximate surface area is 209 Å². The van der Waals surface area contributed by atoms with Gasteiger partial charge in [-0.15, -0.1) is 0 Å². The van der Waals surface area contributed by atoms with Crippen molar-refractivity contribution in [3.05, 3.63) is 64.0 Å². The second-order valence-electron chi connectivity index (χ2n) is 7.88. The van der Waals surface area contributed by atoms with E-state index in [9.17, 15) is 4.79 Å². The number of aliphatic imine (C=N–C) groups is 2. The number of hydrogen-bond donors (Lipinski definition) is 1. The first-order chi connectivity index (χ1) is 16.2. The Morgan fingerprint density at radius 1 is 1.32 bits per heavy atom. The normalized spacial score (nSPS) is 13.3. The zero-order valence-corrected chi connectivity index (χ0v) is 22.0. The molecule has 0 aliphatic rings. The van der Waals surface area contributed by atoms with Crippen LogP contribution in [-0.2, 0) is 9.53 Å². The Balaban J connectivity index is 2.37. The number of aldehydes is 1. The minimum atomic E-state index is 0.0607. The Morgan fingerprint density at radius 2 is 2.06 bits per heavy atom. The van der Waals surface area contributed by atoms with Crippen LogP contribution in [-0.4, -0.2) is 49.0 Å². The highest BCUT2D eigenvalue weighted by Gasteiger charge is 2.14. The average Bonchev–Trinajstić information content (AvgIpc) is 2.84. The molecule has 180 valence electrons. The van der Waals surface area contributed by atoms with Crippen LogP contribution in [0.15, 0.2) is 62.6 Å². The Kier molecular flexibility index (Phi) is 10.1. The third-order valence-corrected chi connectivity index (χ3v) is 5.45. The standard InChI is InChI=1S/C25H31BrN6O2/c1-16(2)24-29-12-10-22(31-24)19-8-7-17(3)23(13-19)32(6)18(4)30-25(21(26)14-33)34-15-20(27)9-11-28-5/h7-14,16H,15,27H2,1-6H3/b20-9-,25-21-,28-11?,30-18-. The summed E-state index contributed by atoms with van der Waals surface area (Å²) in [6.07, 6.45) is 5.61. The molecule has 0 saturated heterocycles. The Morgan fingerprint density at radius 3 is 2.71 bits per heavy atom. The van der Waals surface area contributed by atoms with E-state index >= 15 is 0 Å². The summed E-state index contributed by atoms with van der Waals surface area (Å²) in [5.41, 5.74) is 10.2. The highest BCUT2D eigenvalue weighted by molar-refractivity contribution is 9.12. The third kappa shape index (κ3) is 7.34. The van der Waals surface area contributed by atoms with Gasteiger partial charge in [0.25, 0.3) is 0 Å². The number of ether oxygens (including phenoxy) is 1. The van der Waals surface area contributed by atoms with Crippen molar-refractivity contribution in [2.45, 2.75) is 33.6 Å². The molecule has 0 saturated carbocycles. The molecule has 0 aliphatic carbocycles. The van der Waals surface area contributed by atoms with E-state index in [1.165, 1.54) is 0 Å². The minimum Gasteiger partial charge on any atom is -0.470 e. The van der Waals surface area contributed by atoms with Gasteiger partial charge in [0.05, 0.1) is 5.69 Å². The van der Waals surface area contributed by atoms with Crippen molar-refractivity contribution in [2.24, 2.45) is 15.7 Å². The number of rotatable bonds is 9. The monoisotopic (exact) mass is 526 g/mol. The number of amidine groups is 1. The predicted octanol–water partition coefficient (Wildman–Crippen LogP) is 4.75. The Hall–Kier alpha value is -3.33. The molecule has 0 radical (unpaired) electrons. The number of nitrogens with zero attached hydrogens (tertiary/aromatic N) is 5. The van der Waals surface area contributed by atoms with Gasteiger partial charge >= 0.3 is 0 Å². The van der Waals surface area contributed by atoms with Crippen LogP contribution in [0.3, 0.4) is 0 Å². The summed E-state index contributed by atoms with van der Waals surface area (Å²) >= 11 is 3.22. The van der Waals surface area contributed by atoms with Crippen molar-refractivity contribution in [1.82, 2.24) is 9.97 Å². The number of aromatic nitrogens is 2. The summed E-state index contributed by atoms with van der Waals surface area (Å²) in [4.78, 5) is 30.8. The van der Waals surface area contributed by atoms with E-state index in [0.29, 0.717) is 17.8 Å². The molecule has 2 N–H and O–H groups in total. The molecule has 2 rings (SSSR count). The number of aryl methyl sites for hydroxylation is 1. The highest BCUT2D eigenvalue weighted by atomic mass is 79.9. The van der Waals surface area contributed by atoms with Gasteiger partial charge < -0.3 is 15.4 Å². The zero-order valence-electron chi connectivity index (χ0n) is 20.4. The van der Waals surface area contributed by atoms with Crippen molar-refractivity contribution in [3.63, 3.8) is 0 Å². The van der Waals surface area contributed by atoms with Gasteiger partial charge in [0.1, 0.15) is 22.7 Å². The summed E-state index contributed by atoms with van der Waals surface area (Å²) in [5.74, 6) is 1.80. The van der Waals surface area contributed by atoms with Gasteiger partial charge in [-0.3, -0.25) is 9.79 Å². The largest absolute Gasteiger partial charge is 0.470 e. The number of carbonyl (C=O) groups is 1. The molecule has 1 heterocycles. The number of hydrogen-bond acceptors (Lipinski definition) is 7.